The zero-order valence-corrected chi connectivity index (χ0v) is 10.5. The van der Waals surface area contributed by atoms with E-state index in [2.05, 4.69) is 31.2 Å². The highest BCUT2D eigenvalue weighted by Crippen LogP contribution is 2.57. The van der Waals surface area contributed by atoms with Crippen molar-refractivity contribution in [3.05, 3.63) is 35.4 Å². The van der Waals surface area contributed by atoms with Gasteiger partial charge in [-0.2, -0.15) is 0 Å². The zero-order chi connectivity index (χ0) is 12.0. The van der Waals surface area contributed by atoms with Crippen LogP contribution in [0.4, 0.5) is 0 Å². The second-order valence-corrected chi connectivity index (χ2v) is 5.16. The molecule has 1 aliphatic heterocycles. The SMILES string of the molecule is COC(OC)C1(C)Cc2ccccc2C2OC21. The Bertz CT molecular complexity index is 427. The molecule has 3 heteroatoms. The third kappa shape index (κ3) is 1.53. The van der Waals surface area contributed by atoms with Crippen LogP contribution in [0.25, 0.3) is 0 Å². The Labute approximate surface area is 102 Å². The van der Waals surface area contributed by atoms with Gasteiger partial charge in [-0.15, -0.1) is 0 Å². The summed E-state index contributed by atoms with van der Waals surface area (Å²) in [7, 11) is 3.38. The summed E-state index contributed by atoms with van der Waals surface area (Å²) in [6, 6.07) is 8.49. The average molecular weight is 234 g/mol. The van der Waals surface area contributed by atoms with E-state index in [1.807, 2.05) is 0 Å². The summed E-state index contributed by atoms with van der Waals surface area (Å²) in [5.74, 6) is 0. The highest BCUT2D eigenvalue weighted by Gasteiger charge is 2.60. The molecular formula is C14H18O3. The third-order valence-corrected chi connectivity index (χ3v) is 4.04. The van der Waals surface area contributed by atoms with Gasteiger partial charge in [0.15, 0.2) is 6.29 Å². The Balaban J connectivity index is 1.97. The first-order chi connectivity index (χ1) is 8.20. The minimum atomic E-state index is -0.217. The van der Waals surface area contributed by atoms with Gasteiger partial charge in [-0.05, 0) is 17.5 Å². The molecule has 17 heavy (non-hydrogen) atoms. The molecule has 0 bridgehead atoms. The molecule has 0 saturated carbocycles. The van der Waals surface area contributed by atoms with Crippen LogP contribution in [0.3, 0.4) is 0 Å². The summed E-state index contributed by atoms with van der Waals surface area (Å²) in [6.45, 7) is 2.19. The normalized spacial score (nSPS) is 34.4. The van der Waals surface area contributed by atoms with Crippen molar-refractivity contribution in [2.24, 2.45) is 5.41 Å². The number of ether oxygens (including phenoxy) is 3. The first kappa shape index (κ1) is 11.2. The first-order valence-electron chi connectivity index (χ1n) is 5.99. The second kappa shape index (κ2) is 3.80. The molecule has 3 rings (SSSR count). The fourth-order valence-corrected chi connectivity index (χ4v) is 3.19. The maximum atomic E-state index is 5.84. The Hall–Kier alpha value is -0.900. The quantitative estimate of drug-likeness (QED) is 0.594. The number of epoxide rings is 1. The summed E-state index contributed by atoms with van der Waals surface area (Å²) in [5.41, 5.74) is 2.59. The van der Waals surface area contributed by atoms with Gasteiger partial charge < -0.3 is 14.2 Å². The van der Waals surface area contributed by atoms with Gasteiger partial charge in [-0.3, -0.25) is 0 Å². The van der Waals surface area contributed by atoms with Crippen molar-refractivity contribution < 1.29 is 14.2 Å². The first-order valence-corrected chi connectivity index (χ1v) is 5.99. The van der Waals surface area contributed by atoms with Gasteiger partial charge in [0.2, 0.25) is 0 Å². The smallest absolute Gasteiger partial charge is 0.165 e. The molecule has 2 aliphatic rings. The topological polar surface area (TPSA) is 31.0 Å². The van der Waals surface area contributed by atoms with E-state index in [0.29, 0.717) is 0 Å². The van der Waals surface area contributed by atoms with Gasteiger partial charge in [0, 0.05) is 14.2 Å². The van der Waals surface area contributed by atoms with Crippen molar-refractivity contribution in [2.75, 3.05) is 14.2 Å². The predicted octanol–water partition coefficient (Wildman–Crippen LogP) is 2.31. The molecule has 0 spiro atoms. The molecule has 1 aliphatic carbocycles. The van der Waals surface area contributed by atoms with E-state index in [9.17, 15) is 0 Å². The van der Waals surface area contributed by atoms with Gasteiger partial charge in [0.25, 0.3) is 0 Å². The monoisotopic (exact) mass is 234 g/mol. The lowest BCUT2D eigenvalue weighted by molar-refractivity contribution is -0.179. The summed E-state index contributed by atoms with van der Waals surface area (Å²) >= 11 is 0. The molecule has 3 nitrogen and oxygen atoms in total. The van der Waals surface area contributed by atoms with E-state index in [0.717, 1.165) is 6.42 Å². The van der Waals surface area contributed by atoms with Crippen molar-refractivity contribution in [2.45, 2.75) is 31.8 Å². The van der Waals surface area contributed by atoms with Crippen molar-refractivity contribution in [1.29, 1.82) is 0 Å². The fraction of sp³-hybridized carbons (Fsp3) is 0.571. The van der Waals surface area contributed by atoms with Crippen LogP contribution in [-0.2, 0) is 20.6 Å². The van der Waals surface area contributed by atoms with Crippen molar-refractivity contribution >= 4 is 0 Å². The Kier molecular flexibility index (Phi) is 2.51. The highest BCUT2D eigenvalue weighted by molar-refractivity contribution is 5.38. The van der Waals surface area contributed by atoms with Gasteiger partial charge in [-0.1, -0.05) is 31.2 Å². The maximum absolute atomic E-state index is 5.84. The van der Waals surface area contributed by atoms with E-state index >= 15 is 0 Å². The van der Waals surface area contributed by atoms with Gasteiger partial charge in [0.1, 0.15) is 6.10 Å². The average Bonchev–Trinajstić information content (AvgIpc) is 3.12. The van der Waals surface area contributed by atoms with E-state index < -0.39 is 0 Å². The number of methoxy groups -OCH3 is 2. The molecule has 1 saturated heterocycles. The summed E-state index contributed by atoms with van der Waals surface area (Å²) < 4.78 is 16.7. The Morgan fingerprint density at radius 3 is 2.71 bits per heavy atom. The number of benzene rings is 1. The van der Waals surface area contributed by atoms with E-state index in [1.54, 1.807) is 14.2 Å². The van der Waals surface area contributed by atoms with Crippen LogP contribution in [0.5, 0.6) is 0 Å². The molecule has 1 aromatic carbocycles. The lowest BCUT2D eigenvalue weighted by Crippen LogP contribution is -2.43. The molecule has 3 atom stereocenters. The number of fused-ring (bicyclic) bond motifs is 3. The molecule has 1 heterocycles. The molecule has 1 aromatic rings. The maximum Gasteiger partial charge on any atom is 0.165 e. The van der Waals surface area contributed by atoms with Gasteiger partial charge in [0.05, 0.1) is 11.5 Å². The molecule has 3 unspecified atom stereocenters. The molecular weight excluding hydrogens is 216 g/mol. The number of hydrogen-bond acceptors (Lipinski definition) is 3. The number of hydrogen-bond donors (Lipinski definition) is 0. The molecule has 0 amide bonds. The molecule has 92 valence electrons. The third-order valence-electron chi connectivity index (χ3n) is 4.04. The van der Waals surface area contributed by atoms with Gasteiger partial charge >= 0.3 is 0 Å². The highest BCUT2D eigenvalue weighted by atomic mass is 16.7. The molecule has 0 N–H and O–H groups in total. The minimum Gasteiger partial charge on any atom is -0.364 e. The predicted molar refractivity (Wildman–Crippen MR) is 63.7 cm³/mol. The summed E-state index contributed by atoms with van der Waals surface area (Å²) in [6.07, 6.45) is 1.18. The van der Waals surface area contributed by atoms with Crippen molar-refractivity contribution in [3.63, 3.8) is 0 Å². The second-order valence-electron chi connectivity index (χ2n) is 5.16. The van der Waals surface area contributed by atoms with Crippen molar-refractivity contribution in [3.8, 4) is 0 Å². The van der Waals surface area contributed by atoms with Crippen LogP contribution in [0.15, 0.2) is 24.3 Å². The molecule has 0 radical (unpaired) electrons. The van der Waals surface area contributed by atoms with Crippen LogP contribution in [0.1, 0.15) is 24.2 Å². The lowest BCUT2D eigenvalue weighted by Gasteiger charge is -2.37. The standard InChI is InChI=1S/C14H18O3/c1-14(13(15-2)16-3)8-9-6-4-5-7-10(9)11-12(14)17-11/h4-7,11-13H,8H2,1-3H3. The fourth-order valence-electron chi connectivity index (χ4n) is 3.19. The van der Waals surface area contributed by atoms with Crippen LogP contribution in [-0.4, -0.2) is 26.6 Å². The van der Waals surface area contributed by atoms with Crippen LogP contribution >= 0.6 is 0 Å². The minimum absolute atomic E-state index is 0.0947. The van der Waals surface area contributed by atoms with E-state index in [-0.39, 0.29) is 23.9 Å². The Morgan fingerprint density at radius 2 is 2.00 bits per heavy atom. The Morgan fingerprint density at radius 1 is 1.29 bits per heavy atom. The van der Waals surface area contributed by atoms with E-state index in [4.69, 9.17) is 14.2 Å². The molecule has 1 fully saturated rings. The lowest BCUT2D eigenvalue weighted by atomic mass is 9.72. The zero-order valence-electron chi connectivity index (χ0n) is 10.5. The summed E-state index contributed by atoms with van der Waals surface area (Å²) in [5, 5.41) is 0. The van der Waals surface area contributed by atoms with E-state index in [1.165, 1.54) is 11.1 Å². The van der Waals surface area contributed by atoms with Crippen LogP contribution < -0.4 is 0 Å². The van der Waals surface area contributed by atoms with Crippen LogP contribution in [0.2, 0.25) is 0 Å². The molecule has 0 aromatic heterocycles. The van der Waals surface area contributed by atoms with Gasteiger partial charge in [-0.25, -0.2) is 0 Å². The largest absolute Gasteiger partial charge is 0.364 e. The summed E-state index contributed by atoms with van der Waals surface area (Å²) in [4.78, 5) is 0. The number of rotatable bonds is 3. The van der Waals surface area contributed by atoms with Crippen LogP contribution in [0, 0.1) is 5.41 Å². The van der Waals surface area contributed by atoms with Crippen molar-refractivity contribution in [1.82, 2.24) is 0 Å².